The summed E-state index contributed by atoms with van der Waals surface area (Å²) in [7, 11) is -9.57. The number of ether oxygens (including phenoxy) is 2. The molecule has 1 fully saturated rings. The molecule has 1 aliphatic rings. The summed E-state index contributed by atoms with van der Waals surface area (Å²) in [5.74, 6) is -2.10. The Labute approximate surface area is 150 Å². The van der Waals surface area contributed by atoms with Gasteiger partial charge in [0.25, 0.3) is 5.56 Å². The lowest BCUT2D eigenvalue weighted by Gasteiger charge is -2.31. The minimum atomic E-state index is -5.36. The van der Waals surface area contributed by atoms with Gasteiger partial charge in [0, 0.05) is 19.4 Å². The zero-order valence-electron chi connectivity index (χ0n) is 13.6. The summed E-state index contributed by atoms with van der Waals surface area (Å²) in [5, 5.41) is 10.3. The van der Waals surface area contributed by atoms with Gasteiger partial charge in [0.15, 0.2) is 6.23 Å². The molecule has 2 heterocycles. The van der Waals surface area contributed by atoms with Crippen molar-refractivity contribution in [2.45, 2.75) is 24.2 Å². The maximum absolute atomic E-state index is 11.9. The normalized spacial score (nSPS) is 31.0. The van der Waals surface area contributed by atoms with E-state index in [0.29, 0.717) is 0 Å². The molecule has 1 unspecified atom stereocenters. The molecule has 0 spiro atoms. The molecule has 2 rings (SSSR count). The number of aromatic amines is 1. The van der Waals surface area contributed by atoms with E-state index in [2.05, 4.69) is 8.83 Å². The minimum Gasteiger partial charge on any atom is -0.387 e. The van der Waals surface area contributed by atoms with E-state index >= 15 is 0 Å². The molecule has 1 aliphatic heterocycles. The molecule has 5 atom stereocenters. The van der Waals surface area contributed by atoms with Crippen molar-refractivity contribution in [2.75, 3.05) is 13.7 Å². The third-order valence-electron chi connectivity index (χ3n) is 3.60. The summed E-state index contributed by atoms with van der Waals surface area (Å²) >= 11 is 0. The maximum Gasteiger partial charge on any atom is 0.481 e. The molecule has 0 amide bonds. The highest BCUT2D eigenvalue weighted by molar-refractivity contribution is 7.60. The quantitative estimate of drug-likeness (QED) is 0.241. The average Bonchev–Trinajstić information content (AvgIpc) is 2.76. The summed E-state index contributed by atoms with van der Waals surface area (Å²) in [5.41, 5.74) is 4.16. The van der Waals surface area contributed by atoms with Crippen LogP contribution in [0.3, 0.4) is 0 Å². The number of aliphatic hydroxyl groups excluding tert-OH is 1. The van der Waals surface area contributed by atoms with Crippen LogP contribution in [0, 0.1) is 0 Å². The smallest absolute Gasteiger partial charge is 0.387 e. The Balaban J connectivity index is 2.26. The van der Waals surface area contributed by atoms with Gasteiger partial charge in [-0.25, -0.2) is 13.9 Å². The van der Waals surface area contributed by atoms with E-state index < -0.39 is 57.7 Å². The number of H-pyrrole nitrogens is 1. The number of nitrogens with one attached hydrogen (secondary N) is 1. The topological polar surface area (TPSA) is 233 Å². The van der Waals surface area contributed by atoms with Crippen molar-refractivity contribution in [3.63, 3.8) is 0 Å². The van der Waals surface area contributed by atoms with Gasteiger partial charge in [-0.2, -0.15) is 4.31 Å². The first-order chi connectivity index (χ1) is 12.3. The SMILES string of the molecule is CO[C@]1(COP(=O)(O)OP(=O)(O)O)O[C@@H](n2ccc(=O)[nH]c2=O)[C@H](O)[C@@H]1N. The molecular formula is C10H17N3O12P2. The Kier molecular flexibility index (Phi) is 6.26. The second kappa shape index (κ2) is 7.66. The van der Waals surface area contributed by atoms with Crippen LogP contribution >= 0.6 is 15.6 Å². The number of phosphoric ester groups is 1. The van der Waals surface area contributed by atoms with Gasteiger partial charge in [-0.1, -0.05) is 0 Å². The predicted octanol–water partition coefficient (Wildman–Crippen LogP) is -2.68. The van der Waals surface area contributed by atoms with E-state index in [4.69, 9.17) is 25.0 Å². The van der Waals surface area contributed by atoms with Gasteiger partial charge in [-0.05, 0) is 0 Å². The molecule has 27 heavy (non-hydrogen) atoms. The van der Waals surface area contributed by atoms with Crippen molar-refractivity contribution in [1.29, 1.82) is 0 Å². The molecule has 0 aromatic carbocycles. The first-order valence-corrected chi connectivity index (χ1v) is 10.1. The van der Waals surface area contributed by atoms with Crippen molar-refractivity contribution in [1.82, 2.24) is 9.55 Å². The van der Waals surface area contributed by atoms with Crippen LogP contribution in [0.1, 0.15) is 6.23 Å². The summed E-state index contributed by atoms with van der Waals surface area (Å²) in [6.45, 7) is -1.01. The van der Waals surface area contributed by atoms with Crippen LogP contribution in [-0.2, 0) is 27.4 Å². The number of rotatable bonds is 7. The molecule has 0 bridgehead atoms. The van der Waals surface area contributed by atoms with Crippen molar-refractivity contribution in [2.24, 2.45) is 5.73 Å². The first kappa shape index (κ1) is 22.1. The number of aromatic nitrogens is 2. The maximum atomic E-state index is 11.9. The van der Waals surface area contributed by atoms with Gasteiger partial charge in [-0.15, -0.1) is 0 Å². The highest BCUT2D eigenvalue weighted by Gasteiger charge is 2.56. The molecule has 154 valence electrons. The summed E-state index contributed by atoms with van der Waals surface area (Å²) in [6, 6.07) is -0.469. The van der Waals surface area contributed by atoms with Gasteiger partial charge in [-0.3, -0.25) is 18.9 Å². The molecule has 1 saturated heterocycles. The van der Waals surface area contributed by atoms with Gasteiger partial charge >= 0.3 is 21.3 Å². The number of hydrogen-bond donors (Lipinski definition) is 6. The van der Waals surface area contributed by atoms with Gasteiger partial charge < -0.3 is 35.0 Å². The van der Waals surface area contributed by atoms with Crippen LogP contribution in [0.2, 0.25) is 0 Å². The largest absolute Gasteiger partial charge is 0.481 e. The molecule has 0 saturated carbocycles. The van der Waals surface area contributed by atoms with Crippen LogP contribution < -0.4 is 17.0 Å². The third kappa shape index (κ3) is 4.99. The lowest BCUT2D eigenvalue weighted by atomic mass is 10.1. The Morgan fingerprint density at radius 2 is 2.00 bits per heavy atom. The zero-order chi connectivity index (χ0) is 20.6. The highest BCUT2D eigenvalue weighted by atomic mass is 31.3. The van der Waals surface area contributed by atoms with Crippen LogP contribution in [0.5, 0.6) is 0 Å². The Morgan fingerprint density at radius 3 is 2.52 bits per heavy atom. The van der Waals surface area contributed by atoms with E-state index in [1.807, 2.05) is 4.98 Å². The van der Waals surface area contributed by atoms with E-state index in [1.165, 1.54) is 0 Å². The number of nitrogens with two attached hydrogens (primary N) is 1. The zero-order valence-corrected chi connectivity index (χ0v) is 15.4. The van der Waals surface area contributed by atoms with Gasteiger partial charge in [0.2, 0.25) is 5.79 Å². The number of nitrogens with zero attached hydrogens (tertiary/aromatic N) is 1. The molecule has 1 aromatic heterocycles. The van der Waals surface area contributed by atoms with Gasteiger partial charge in [0.1, 0.15) is 12.7 Å². The summed E-state index contributed by atoms with van der Waals surface area (Å²) in [4.78, 5) is 51.4. The summed E-state index contributed by atoms with van der Waals surface area (Å²) in [6.07, 6.45) is -2.06. The highest BCUT2D eigenvalue weighted by Crippen LogP contribution is 2.58. The fourth-order valence-electron chi connectivity index (χ4n) is 2.34. The first-order valence-electron chi connectivity index (χ1n) is 7.02. The van der Waals surface area contributed by atoms with E-state index in [0.717, 1.165) is 23.9 Å². The molecule has 0 aliphatic carbocycles. The lowest BCUT2D eigenvalue weighted by molar-refractivity contribution is -0.246. The monoisotopic (exact) mass is 433 g/mol. The van der Waals surface area contributed by atoms with E-state index in [9.17, 15) is 28.7 Å². The van der Waals surface area contributed by atoms with E-state index in [-0.39, 0.29) is 0 Å². The van der Waals surface area contributed by atoms with Crippen LogP contribution in [-0.4, -0.2) is 61.0 Å². The van der Waals surface area contributed by atoms with Crippen molar-refractivity contribution in [3.8, 4) is 0 Å². The average molecular weight is 433 g/mol. The van der Waals surface area contributed by atoms with Gasteiger partial charge in [0.05, 0.1) is 6.04 Å². The van der Waals surface area contributed by atoms with Crippen LogP contribution in [0.4, 0.5) is 0 Å². The van der Waals surface area contributed by atoms with Crippen LogP contribution in [0.15, 0.2) is 21.9 Å². The lowest BCUT2D eigenvalue weighted by Crippen LogP contribution is -2.53. The van der Waals surface area contributed by atoms with E-state index in [1.54, 1.807) is 0 Å². The second-order valence-electron chi connectivity index (χ2n) is 5.37. The Bertz CT molecular complexity index is 894. The molecule has 1 aromatic rings. The Morgan fingerprint density at radius 1 is 1.37 bits per heavy atom. The number of methoxy groups -OCH3 is 1. The standard InChI is InChI=1S/C10H17N3O12P2/c1-22-10(4-23-27(20,21)25-26(17,18)19)7(11)6(15)8(24-10)13-3-2-5(14)12-9(13)16/h2-3,6-8,15H,4,11H2,1H3,(H,20,21)(H,12,14,16)(H2,17,18,19)/t6-,7+,8-,10-/m1/s1. The summed E-state index contributed by atoms with van der Waals surface area (Å²) < 4.78 is 41.5. The Hall–Kier alpha value is -1.22. The number of aliphatic hydroxyl groups is 1. The molecule has 17 heteroatoms. The fraction of sp³-hybridized carbons (Fsp3) is 0.600. The fourth-order valence-corrected chi connectivity index (χ4v) is 3.95. The molecule has 7 N–H and O–H groups in total. The molecule has 15 nitrogen and oxygen atoms in total. The second-order valence-corrected chi connectivity index (χ2v) is 8.20. The molecule has 0 radical (unpaired) electrons. The molecular weight excluding hydrogens is 416 g/mol. The number of hydrogen-bond acceptors (Lipinski definition) is 10. The number of phosphoric acid groups is 2. The predicted molar refractivity (Wildman–Crippen MR) is 84.1 cm³/mol. The minimum absolute atomic E-state index is 0.704. The van der Waals surface area contributed by atoms with Crippen molar-refractivity contribution < 1.29 is 47.2 Å². The van der Waals surface area contributed by atoms with Crippen molar-refractivity contribution in [3.05, 3.63) is 33.1 Å². The van der Waals surface area contributed by atoms with Crippen molar-refractivity contribution >= 4 is 15.6 Å². The van der Waals surface area contributed by atoms with Crippen LogP contribution in [0.25, 0.3) is 0 Å². The third-order valence-corrected chi connectivity index (χ3v) is 5.73.